The summed E-state index contributed by atoms with van der Waals surface area (Å²) in [5.41, 5.74) is 9.67. The number of carbonyl (C=O) groups is 2. The van der Waals surface area contributed by atoms with E-state index in [1.807, 2.05) is 67.6 Å². The Balaban J connectivity index is 1.48. The van der Waals surface area contributed by atoms with Crippen LogP contribution in [-0.2, 0) is 17.8 Å². The molecule has 0 saturated carbocycles. The zero-order valence-corrected chi connectivity index (χ0v) is 18.8. The first-order chi connectivity index (χ1) is 16.5. The van der Waals surface area contributed by atoms with Gasteiger partial charge in [0, 0.05) is 18.5 Å². The fraction of sp³-hybridized carbons (Fsp3) is 0.192. The van der Waals surface area contributed by atoms with Gasteiger partial charge >= 0.3 is 0 Å². The normalized spacial score (nSPS) is 13.4. The van der Waals surface area contributed by atoms with E-state index in [1.165, 1.54) is 0 Å². The largest absolute Gasteiger partial charge is 0.457 e. The first-order valence-electron chi connectivity index (χ1n) is 11.3. The lowest BCUT2D eigenvalue weighted by Crippen LogP contribution is -2.35. The van der Waals surface area contributed by atoms with Crippen LogP contribution < -0.4 is 10.5 Å². The second-order valence-electron chi connectivity index (χ2n) is 8.15. The zero-order chi connectivity index (χ0) is 23.7. The Kier molecular flexibility index (Phi) is 5.63. The van der Waals surface area contributed by atoms with Crippen LogP contribution in [0.3, 0.4) is 0 Å². The maximum Gasteiger partial charge on any atom is 0.254 e. The molecule has 8 nitrogen and oxygen atoms in total. The second-order valence-corrected chi connectivity index (χ2v) is 8.15. The number of imidazole rings is 1. The minimum absolute atomic E-state index is 0.0293. The lowest BCUT2D eigenvalue weighted by molar-refractivity contribution is -0.127. The van der Waals surface area contributed by atoms with Gasteiger partial charge in [-0.3, -0.25) is 14.7 Å². The number of rotatable bonds is 6. The number of ether oxygens (including phenoxy) is 1. The fourth-order valence-corrected chi connectivity index (χ4v) is 4.20. The summed E-state index contributed by atoms with van der Waals surface area (Å²) in [6.45, 7) is 2.98. The summed E-state index contributed by atoms with van der Waals surface area (Å²) in [7, 11) is 0. The Morgan fingerprint density at radius 2 is 1.85 bits per heavy atom. The van der Waals surface area contributed by atoms with Gasteiger partial charge < -0.3 is 15.4 Å². The molecule has 3 N–H and O–H groups in total. The maximum atomic E-state index is 12.5. The highest BCUT2D eigenvalue weighted by Gasteiger charge is 2.28. The molecule has 0 spiro atoms. The topological polar surface area (TPSA) is 106 Å². The third-order valence-electron chi connectivity index (χ3n) is 5.89. The summed E-state index contributed by atoms with van der Waals surface area (Å²) in [4.78, 5) is 31.4. The number of nitrogens with one attached hydrogen (secondary N) is 1. The van der Waals surface area contributed by atoms with Gasteiger partial charge in [-0.05, 0) is 48.9 Å². The highest BCUT2D eigenvalue weighted by Crippen LogP contribution is 2.31. The van der Waals surface area contributed by atoms with Crippen molar-refractivity contribution in [2.24, 2.45) is 5.73 Å². The van der Waals surface area contributed by atoms with Crippen molar-refractivity contribution >= 4 is 17.5 Å². The molecule has 2 aromatic heterocycles. The van der Waals surface area contributed by atoms with Crippen molar-refractivity contribution in [3.8, 4) is 22.8 Å². The molecule has 172 valence electrons. The summed E-state index contributed by atoms with van der Waals surface area (Å²) in [5.74, 6) is 0.829. The van der Waals surface area contributed by atoms with E-state index in [1.54, 1.807) is 15.5 Å². The number of H-pyrrole nitrogens is 1. The van der Waals surface area contributed by atoms with Crippen LogP contribution in [0.5, 0.6) is 11.5 Å². The van der Waals surface area contributed by atoms with Crippen LogP contribution in [-0.4, -0.2) is 37.9 Å². The van der Waals surface area contributed by atoms with E-state index in [-0.39, 0.29) is 5.91 Å². The third-order valence-corrected chi connectivity index (χ3v) is 5.89. The van der Waals surface area contributed by atoms with E-state index in [2.05, 4.69) is 5.10 Å². The maximum absolute atomic E-state index is 12.5. The lowest BCUT2D eigenvalue weighted by Gasteiger charge is -2.25. The van der Waals surface area contributed by atoms with Crippen molar-refractivity contribution < 1.29 is 14.3 Å². The van der Waals surface area contributed by atoms with Crippen molar-refractivity contribution in [3.05, 3.63) is 83.7 Å². The van der Waals surface area contributed by atoms with E-state index in [4.69, 9.17) is 15.5 Å². The summed E-state index contributed by atoms with van der Waals surface area (Å²) in [5, 5.41) is 3.30. The lowest BCUT2D eigenvalue weighted by atomic mass is 10.1. The molecule has 2 amide bonds. The molecule has 0 unspecified atom stereocenters. The number of aromatic nitrogens is 3. The number of aromatic amines is 1. The Hall–Kier alpha value is -4.33. The SMILES string of the molecule is CCC=CC(=O)N1CCc2nc3c(C(N)=O)c(-c4ccc(Oc5ccccc5)cc4)[nH]n3c2C1. The smallest absolute Gasteiger partial charge is 0.254 e. The molecule has 0 fully saturated rings. The van der Waals surface area contributed by atoms with Gasteiger partial charge in [-0.2, -0.15) is 0 Å². The summed E-state index contributed by atoms with van der Waals surface area (Å²) < 4.78 is 7.64. The number of allylic oxidation sites excluding steroid dienone is 1. The number of nitrogens with zero attached hydrogens (tertiary/aromatic N) is 3. The zero-order valence-electron chi connectivity index (χ0n) is 18.8. The monoisotopic (exact) mass is 455 g/mol. The van der Waals surface area contributed by atoms with Crippen molar-refractivity contribution in [3.63, 3.8) is 0 Å². The van der Waals surface area contributed by atoms with Gasteiger partial charge in [-0.1, -0.05) is 31.2 Å². The first kappa shape index (κ1) is 21.5. The predicted octanol–water partition coefficient (Wildman–Crippen LogP) is 4.07. The Labute approximate surface area is 196 Å². The van der Waals surface area contributed by atoms with E-state index < -0.39 is 5.91 Å². The number of fused-ring (bicyclic) bond motifs is 3. The minimum Gasteiger partial charge on any atom is -0.457 e. The molecule has 0 atom stereocenters. The summed E-state index contributed by atoms with van der Waals surface area (Å²) in [6.07, 6.45) is 4.89. The number of hydrogen-bond acceptors (Lipinski definition) is 4. The molecular weight excluding hydrogens is 430 g/mol. The molecule has 0 saturated heterocycles. The molecular formula is C26H25N5O3. The summed E-state index contributed by atoms with van der Waals surface area (Å²) in [6, 6.07) is 16.9. The highest BCUT2D eigenvalue weighted by atomic mass is 16.5. The minimum atomic E-state index is -0.563. The summed E-state index contributed by atoms with van der Waals surface area (Å²) >= 11 is 0. The number of para-hydroxylation sites is 1. The van der Waals surface area contributed by atoms with Crippen LogP contribution >= 0.6 is 0 Å². The number of carbonyl (C=O) groups excluding carboxylic acids is 2. The van der Waals surface area contributed by atoms with Crippen LogP contribution in [0.2, 0.25) is 0 Å². The number of hydrogen-bond donors (Lipinski definition) is 2. The quantitative estimate of drug-likeness (QED) is 0.428. The Morgan fingerprint density at radius 3 is 2.56 bits per heavy atom. The van der Waals surface area contributed by atoms with Crippen molar-refractivity contribution in [1.82, 2.24) is 19.5 Å². The van der Waals surface area contributed by atoms with Crippen molar-refractivity contribution in [1.29, 1.82) is 0 Å². The molecule has 0 radical (unpaired) electrons. The van der Waals surface area contributed by atoms with E-state index in [9.17, 15) is 9.59 Å². The molecule has 8 heteroatoms. The van der Waals surface area contributed by atoms with Gasteiger partial charge in [0.2, 0.25) is 5.91 Å². The van der Waals surface area contributed by atoms with Gasteiger partial charge in [-0.15, -0.1) is 0 Å². The number of benzene rings is 2. The molecule has 0 bridgehead atoms. The molecule has 5 rings (SSSR count). The predicted molar refractivity (Wildman–Crippen MR) is 129 cm³/mol. The van der Waals surface area contributed by atoms with Crippen LogP contribution in [0.25, 0.3) is 16.9 Å². The Morgan fingerprint density at radius 1 is 1.12 bits per heavy atom. The van der Waals surface area contributed by atoms with Crippen LogP contribution in [0.4, 0.5) is 0 Å². The highest BCUT2D eigenvalue weighted by molar-refractivity contribution is 6.04. The molecule has 1 aliphatic rings. The standard InChI is InChI=1S/C26H25N5O3/c1-2-3-9-22(32)30-15-14-20-21(16-30)31-26(28-20)23(25(27)33)24(29-31)17-10-12-19(13-11-17)34-18-7-5-4-6-8-18/h3-13,29H,2,14-16H2,1H3,(H2,27,33). The number of amides is 2. The average molecular weight is 456 g/mol. The first-order valence-corrected chi connectivity index (χ1v) is 11.3. The van der Waals surface area contributed by atoms with Gasteiger partial charge in [0.25, 0.3) is 5.91 Å². The second kappa shape index (κ2) is 8.90. The third kappa shape index (κ3) is 3.94. The number of primary amides is 1. The molecule has 4 aromatic rings. The van der Waals surface area contributed by atoms with Crippen LogP contribution in [0.15, 0.2) is 66.7 Å². The van der Waals surface area contributed by atoms with Gasteiger partial charge in [0.05, 0.1) is 23.6 Å². The Bertz CT molecular complexity index is 1380. The molecule has 3 heterocycles. The van der Waals surface area contributed by atoms with Crippen molar-refractivity contribution in [2.45, 2.75) is 26.3 Å². The van der Waals surface area contributed by atoms with Crippen molar-refractivity contribution in [2.75, 3.05) is 6.54 Å². The van der Waals surface area contributed by atoms with Gasteiger partial charge in [-0.25, -0.2) is 9.50 Å². The molecule has 2 aromatic carbocycles. The molecule has 0 aliphatic carbocycles. The molecule has 34 heavy (non-hydrogen) atoms. The van der Waals surface area contributed by atoms with Crippen LogP contribution in [0.1, 0.15) is 35.1 Å². The average Bonchev–Trinajstić information content (AvgIpc) is 3.39. The fourth-order valence-electron chi connectivity index (χ4n) is 4.20. The van der Waals surface area contributed by atoms with Gasteiger partial charge in [0.1, 0.15) is 17.1 Å². The number of nitrogens with two attached hydrogens (primary N) is 1. The molecule has 1 aliphatic heterocycles. The van der Waals surface area contributed by atoms with Gasteiger partial charge in [0.15, 0.2) is 5.65 Å². The van der Waals surface area contributed by atoms with Crippen LogP contribution in [0, 0.1) is 0 Å². The van der Waals surface area contributed by atoms with E-state index >= 15 is 0 Å². The van der Waals surface area contributed by atoms with E-state index in [0.29, 0.717) is 42.2 Å². The van der Waals surface area contributed by atoms with E-state index in [0.717, 1.165) is 29.1 Å².